The van der Waals surface area contributed by atoms with Crippen molar-refractivity contribution in [1.29, 1.82) is 0 Å². The highest BCUT2D eigenvalue weighted by Gasteiger charge is 2.17. The molecule has 1 N–H and O–H groups in total. The maximum atomic E-state index is 13.5. The van der Waals surface area contributed by atoms with Gasteiger partial charge in [-0.2, -0.15) is 15.3 Å². The molecule has 184 valence electrons. The lowest BCUT2D eigenvalue weighted by atomic mass is 10.0. The van der Waals surface area contributed by atoms with Gasteiger partial charge < -0.3 is 0 Å². The number of hydrogen-bond acceptors (Lipinski definition) is 7. The van der Waals surface area contributed by atoms with Crippen LogP contribution in [0, 0.1) is 0 Å². The number of hydrogen-bond donors (Lipinski definition) is 1. The molecule has 0 amide bonds. The fraction of sp³-hybridized carbons (Fsp3) is 0.320. The third-order valence-corrected chi connectivity index (χ3v) is 6.03. The molecular weight excluding hydrogens is 456 g/mol. The second-order valence-corrected chi connectivity index (χ2v) is 8.60. The van der Waals surface area contributed by atoms with E-state index >= 15 is 0 Å². The van der Waals surface area contributed by atoms with Gasteiger partial charge in [-0.3, -0.25) is 9.55 Å². The third kappa shape index (κ3) is 4.72. The number of benzene rings is 1. The minimum Gasteiger partial charge on any atom is -0.290 e. The van der Waals surface area contributed by atoms with Crippen LogP contribution in [-0.2, 0) is 19.5 Å². The molecule has 11 nitrogen and oxygen atoms in total. The molecule has 0 aliphatic heterocycles. The summed E-state index contributed by atoms with van der Waals surface area (Å²) in [6.07, 6.45) is 8.89. The number of aromatic amines is 1. The summed E-state index contributed by atoms with van der Waals surface area (Å²) in [5.41, 5.74) is 4.48. The Morgan fingerprint density at radius 3 is 2.67 bits per heavy atom. The minimum atomic E-state index is -0.141. The molecule has 4 heterocycles. The van der Waals surface area contributed by atoms with E-state index in [4.69, 9.17) is 0 Å². The molecule has 0 saturated heterocycles. The summed E-state index contributed by atoms with van der Waals surface area (Å²) in [6, 6.07) is 11.9. The number of rotatable bonds is 10. The fourth-order valence-electron chi connectivity index (χ4n) is 4.24. The van der Waals surface area contributed by atoms with Gasteiger partial charge in [0.15, 0.2) is 0 Å². The van der Waals surface area contributed by atoms with E-state index in [9.17, 15) is 4.79 Å². The summed E-state index contributed by atoms with van der Waals surface area (Å²) in [7, 11) is 0. The van der Waals surface area contributed by atoms with Crippen LogP contribution in [0.15, 0.2) is 59.9 Å². The van der Waals surface area contributed by atoms with E-state index in [0.29, 0.717) is 24.9 Å². The summed E-state index contributed by atoms with van der Waals surface area (Å²) >= 11 is 0. The van der Waals surface area contributed by atoms with Crippen LogP contribution >= 0.6 is 0 Å². The Labute approximate surface area is 207 Å². The summed E-state index contributed by atoms with van der Waals surface area (Å²) in [5, 5.41) is 18.6. The lowest BCUT2D eigenvalue weighted by Crippen LogP contribution is -2.27. The zero-order valence-corrected chi connectivity index (χ0v) is 20.4. The molecule has 0 aliphatic rings. The van der Waals surface area contributed by atoms with Gasteiger partial charge in [0, 0.05) is 30.2 Å². The number of H-pyrrole nitrogens is 1. The van der Waals surface area contributed by atoms with Crippen LogP contribution in [0.4, 0.5) is 0 Å². The highest BCUT2D eigenvalue weighted by molar-refractivity contribution is 5.70. The first kappa shape index (κ1) is 23.3. The lowest BCUT2D eigenvalue weighted by Gasteiger charge is -2.09. The normalized spacial score (nSPS) is 11.3. The Balaban J connectivity index is 1.49. The Morgan fingerprint density at radius 1 is 1.00 bits per heavy atom. The maximum Gasteiger partial charge on any atom is 0.335 e. The predicted molar refractivity (Wildman–Crippen MR) is 134 cm³/mol. The lowest BCUT2D eigenvalue weighted by molar-refractivity contribution is 0.577. The summed E-state index contributed by atoms with van der Waals surface area (Å²) in [4.78, 5) is 22.5. The molecule has 0 fully saturated rings. The molecule has 1 aromatic carbocycles. The van der Waals surface area contributed by atoms with Gasteiger partial charge in [0.25, 0.3) is 0 Å². The molecule has 0 radical (unpaired) electrons. The van der Waals surface area contributed by atoms with Crippen molar-refractivity contribution in [2.45, 2.75) is 52.6 Å². The average Bonchev–Trinajstić information content (AvgIpc) is 3.66. The molecule has 11 heteroatoms. The van der Waals surface area contributed by atoms with E-state index in [-0.39, 0.29) is 5.69 Å². The second kappa shape index (κ2) is 10.5. The van der Waals surface area contributed by atoms with E-state index in [1.807, 2.05) is 42.6 Å². The van der Waals surface area contributed by atoms with Gasteiger partial charge in [-0.05, 0) is 53.8 Å². The van der Waals surface area contributed by atoms with E-state index in [0.717, 1.165) is 53.8 Å². The largest absolute Gasteiger partial charge is 0.335 e. The van der Waals surface area contributed by atoms with Crippen LogP contribution < -0.4 is 5.69 Å². The maximum absolute atomic E-state index is 13.5. The first-order chi connectivity index (χ1) is 17.7. The smallest absolute Gasteiger partial charge is 0.290 e. The number of aromatic nitrogens is 10. The minimum absolute atomic E-state index is 0.141. The topological polar surface area (TPSA) is 125 Å². The van der Waals surface area contributed by atoms with Gasteiger partial charge in [-0.1, -0.05) is 38.5 Å². The van der Waals surface area contributed by atoms with E-state index in [2.05, 4.69) is 49.5 Å². The van der Waals surface area contributed by atoms with Crippen molar-refractivity contribution in [1.82, 2.24) is 49.5 Å². The van der Waals surface area contributed by atoms with Crippen LogP contribution in [0.5, 0.6) is 0 Å². The number of aryl methyl sites for hydroxylation is 2. The van der Waals surface area contributed by atoms with Crippen molar-refractivity contribution < 1.29 is 0 Å². The van der Waals surface area contributed by atoms with Gasteiger partial charge >= 0.3 is 5.69 Å². The molecule has 0 bridgehead atoms. The van der Waals surface area contributed by atoms with E-state index < -0.39 is 0 Å². The van der Waals surface area contributed by atoms with E-state index in [1.165, 1.54) is 6.33 Å². The van der Waals surface area contributed by atoms with Crippen molar-refractivity contribution in [3.8, 4) is 28.5 Å². The summed E-state index contributed by atoms with van der Waals surface area (Å²) < 4.78 is 5.17. The molecule has 5 aromatic rings. The summed E-state index contributed by atoms with van der Waals surface area (Å²) in [6.45, 7) is 5.28. The Kier molecular flexibility index (Phi) is 6.78. The van der Waals surface area contributed by atoms with Crippen molar-refractivity contribution in [3.63, 3.8) is 0 Å². The standard InChI is InChI=1S/C25H28N10O/c1-3-5-9-22-16-34(24-27-17-28-35(24)12-4-2)25(36)33(22)15-21-14-19(10-11-26-21)18-7-6-8-20(13-18)23-29-31-32-30-23/h6-8,10-11,13-14,16-17H,3-5,9,12,15H2,1-2H3,(H,29,30,31,32). The molecule has 5 rings (SSSR count). The van der Waals surface area contributed by atoms with Gasteiger partial charge in [-0.15, -0.1) is 10.2 Å². The molecular formula is C25H28N10O. The van der Waals surface area contributed by atoms with Crippen LogP contribution in [0.3, 0.4) is 0 Å². The first-order valence-electron chi connectivity index (χ1n) is 12.2. The van der Waals surface area contributed by atoms with E-state index in [1.54, 1.807) is 20.0 Å². The Morgan fingerprint density at radius 2 is 1.86 bits per heavy atom. The predicted octanol–water partition coefficient (Wildman–Crippen LogP) is 3.27. The van der Waals surface area contributed by atoms with Crippen LogP contribution in [0.25, 0.3) is 28.5 Å². The Bertz CT molecular complexity index is 1500. The molecule has 0 spiro atoms. The second-order valence-electron chi connectivity index (χ2n) is 8.60. The van der Waals surface area contributed by atoms with Crippen molar-refractivity contribution in [3.05, 3.63) is 77.0 Å². The highest BCUT2D eigenvalue weighted by Crippen LogP contribution is 2.24. The monoisotopic (exact) mass is 484 g/mol. The fourth-order valence-corrected chi connectivity index (χ4v) is 4.24. The van der Waals surface area contributed by atoms with Crippen molar-refractivity contribution in [2.24, 2.45) is 0 Å². The average molecular weight is 485 g/mol. The number of tetrazole rings is 1. The molecule has 4 aromatic heterocycles. The zero-order valence-electron chi connectivity index (χ0n) is 20.4. The van der Waals surface area contributed by atoms with Gasteiger partial charge in [0.2, 0.25) is 11.8 Å². The third-order valence-electron chi connectivity index (χ3n) is 6.03. The number of nitrogens with one attached hydrogen (secondary N) is 1. The van der Waals surface area contributed by atoms with Gasteiger partial charge in [-0.25, -0.2) is 14.0 Å². The van der Waals surface area contributed by atoms with Crippen molar-refractivity contribution >= 4 is 0 Å². The number of imidazole rings is 1. The highest BCUT2D eigenvalue weighted by atomic mass is 16.2. The molecule has 0 saturated carbocycles. The number of nitrogens with zero attached hydrogens (tertiary/aromatic N) is 9. The van der Waals surface area contributed by atoms with Gasteiger partial charge in [0.05, 0.1) is 12.2 Å². The quantitative estimate of drug-likeness (QED) is 0.322. The van der Waals surface area contributed by atoms with Crippen LogP contribution in [0.2, 0.25) is 0 Å². The summed E-state index contributed by atoms with van der Waals surface area (Å²) in [5.74, 6) is 1.08. The van der Waals surface area contributed by atoms with Gasteiger partial charge in [0.1, 0.15) is 6.33 Å². The molecule has 0 atom stereocenters. The van der Waals surface area contributed by atoms with Crippen LogP contribution in [-0.4, -0.2) is 49.5 Å². The number of pyridine rings is 1. The first-order valence-corrected chi connectivity index (χ1v) is 12.2. The van der Waals surface area contributed by atoms with Crippen LogP contribution in [0.1, 0.15) is 44.5 Å². The number of unbranched alkanes of at least 4 members (excludes halogenated alkanes) is 1. The SMILES string of the molecule is CCCCc1cn(-c2ncnn2CCC)c(=O)n1Cc1cc(-c2cccc(-c3nn[nH]n3)c2)ccn1. The molecule has 0 aliphatic carbocycles. The zero-order chi connectivity index (χ0) is 24.9. The molecule has 36 heavy (non-hydrogen) atoms. The van der Waals surface area contributed by atoms with Crippen molar-refractivity contribution in [2.75, 3.05) is 0 Å². The molecule has 0 unspecified atom stereocenters. The Hall–Kier alpha value is -4.41.